The molecule has 0 amide bonds. The van der Waals surface area contributed by atoms with Gasteiger partial charge in [0.1, 0.15) is 18.4 Å². The molecule has 92 valence electrons. The Labute approximate surface area is 100 Å². The zero-order valence-corrected chi connectivity index (χ0v) is 10.6. The van der Waals surface area contributed by atoms with Crippen molar-refractivity contribution in [2.45, 2.75) is 32.8 Å². The maximum atomic E-state index is 9.61. The minimum atomic E-state index is -0.502. The fraction of sp³-hybridized carbons (Fsp3) is 0.800. The molecule has 5 nitrogen and oxygen atoms in total. The lowest BCUT2D eigenvalue weighted by molar-refractivity contribution is 0.104. The molecule has 16 heavy (non-hydrogen) atoms. The summed E-state index contributed by atoms with van der Waals surface area (Å²) in [6.07, 6.45) is 1.78. The van der Waals surface area contributed by atoms with Crippen molar-refractivity contribution < 1.29 is 9.84 Å². The summed E-state index contributed by atoms with van der Waals surface area (Å²) in [6.45, 7) is 5.72. The third-order valence-corrected chi connectivity index (χ3v) is 2.71. The maximum absolute atomic E-state index is 9.61. The van der Waals surface area contributed by atoms with Crippen LogP contribution in [0.1, 0.15) is 25.5 Å². The van der Waals surface area contributed by atoms with Gasteiger partial charge in [0.25, 0.3) is 0 Å². The third kappa shape index (κ3) is 4.87. The van der Waals surface area contributed by atoms with Crippen molar-refractivity contribution >= 4 is 11.7 Å². The summed E-state index contributed by atoms with van der Waals surface area (Å²) in [7, 11) is 0. The lowest BCUT2D eigenvalue weighted by Gasteiger charge is -2.11. The fourth-order valence-electron chi connectivity index (χ4n) is 1.16. The minimum Gasteiger partial charge on any atom is -0.473 e. The summed E-state index contributed by atoms with van der Waals surface area (Å²) in [5.74, 6) is 0.526. The second-order valence-corrected chi connectivity index (χ2v) is 4.21. The van der Waals surface area contributed by atoms with E-state index in [1.54, 1.807) is 0 Å². The zero-order valence-electron chi connectivity index (χ0n) is 9.77. The molecule has 1 atom stereocenters. The highest BCUT2D eigenvalue weighted by Crippen LogP contribution is 2.13. The standard InChI is InChI=1S/C10H19N3O2S/c1-3-4-5-11-6-9(14)7-15-10-8(2)12-16-13-10/h9,11,14H,3-7H2,1-2H3. The molecule has 0 saturated heterocycles. The topological polar surface area (TPSA) is 67.3 Å². The molecule has 1 rings (SSSR count). The molecule has 1 heterocycles. The van der Waals surface area contributed by atoms with E-state index in [-0.39, 0.29) is 6.61 Å². The number of unbranched alkanes of at least 4 members (excludes halogenated alkanes) is 1. The number of hydrogen-bond acceptors (Lipinski definition) is 6. The predicted octanol–water partition coefficient (Wildman–Crippen LogP) is 0.976. The minimum absolute atomic E-state index is 0.255. The highest BCUT2D eigenvalue weighted by molar-refractivity contribution is 6.99. The number of ether oxygens (including phenoxy) is 1. The first-order valence-electron chi connectivity index (χ1n) is 5.54. The van der Waals surface area contributed by atoms with Crippen LogP contribution in [-0.4, -0.2) is 39.7 Å². The van der Waals surface area contributed by atoms with E-state index in [4.69, 9.17) is 4.74 Å². The fourth-order valence-corrected chi connectivity index (χ4v) is 1.66. The molecule has 0 radical (unpaired) electrons. The van der Waals surface area contributed by atoms with E-state index in [2.05, 4.69) is 21.0 Å². The summed E-state index contributed by atoms with van der Waals surface area (Å²) in [4.78, 5) is 0. The van der Waals surface area contributed by atoms with E-state index in [0.717, 1.165) is 36.8 Å². The van der Waals surface area contributed by atoms with Gasteiger partial charge >= 0.3 is 0 Å². The van der Waals surface area contributed by atoms with Crippen LogP contribution in [0.3, 0.4) is 0 Å². The van der Waals surface area contributed by atoms with Crippen LogP contribution in [0.25, 0.3) is 0 Å². The van der Waals surface area contributed by atoms with Crippen molar-refractivity contribution in [3.8, 4) is 5.88 Å². The molecular weight excluding hydrogens is 226 g/mol. The molecule has 2 N–H and O–H groups in total. The smallest absolute Gasteiger partial charge is 0.248 e. The summed E-state index contributed by atoms with van der Waals surface area (Å²) < 4.78 is 13.3. The van der Waals surface area contributed by atoms with Crippen LogP contribution in [0.4, 0.5) is 0 Å². The number of aliphatic hydroxyl groups is 1. The van der Waals surface area contributed by atoms with Crippen LogP contribution < -0.4 is 10.1 Å². The molecular formula is C10H19N3O2S. The highest BCUT2D eigenvalue weighted by atomic mass is 32.1. The maximum Gasteiger partial charge on any atom is 0.248 e. The lowest BCUT2D eigenvalue weighted by Crippen LogP contribution is -2.32. The number of aromatic nitrogens is 2. The van der Waals surface area contributed by atoms with E-state index in [1.165, 1.54) is 0 Å². The second kappa shape index (κ2) is 7.54. The van der Waals surface area contributed by atoms with Crippen LogP contribution in [0.2, 0.25) is 0 Å². The molecule has 1 aromatic heterocycles. The zero-order chi connectivity index (χ0) is 11.8. The molecule has 0 bridgehead atoms. The predicted molar refractivity (Wildman–Crippen MR) is 63.9 cm³/mol. The summed E-state index contributed by atoms with van der Waals surface area (Å²) >= 11 is 1.12. The molecule has 0 aliphatic rings. The van der Waals surface area contributed by atoms with Gasteiger partial charge < -0.3 is 15.2 Å². The number of nitrogens with zero attached hydrogens (tertiary/aromatic N) is 2. The molecule has 1 aromatic rings. The average molecular weight is 245 g/mol. The van der Waals surface area contributed by atoms with Crippen molar-refractivity contribution in [1.82, 2.24) is 14.1 Å². The van der Waals surface area contributed by atoms with Gasteiger partial charge in [0.2, 0.25) is 5.88 Å². The van der Waals surface area contributed by atoms with Crippen molar-refractivity contribution in [1.29, 1.82) is 0 Å². The van der Waals surface area contributed by atoms with Gasteiger partial charge in [0.05, 0.1) is 11.7 Å². The first-order valence-corrected chi connectivity index (χ1v) is 6.27. The molecule has 0 saturated carbocycles. The lowest BCUT2D eigenvalue weighted by atomic mass is 10.3. The largest absolute Gasteiger partial charge is 0.473 e. The molecule has 0 aliphatic carbocycles. The van der Waals surface area contributed by atoms with Crippen molar-refractivity contribution in [3.63, 3.8) is 0 Å². The third-order valence-electron chi connectivity index (χ3n) is 2.11. The number of hydrogen-bond donors (Lipinski definition) is 2. The Bertz CT molecular complexity index is 293. The Morgan fingerprint density at radius 2 is 2.31 bits per heavy atom. The van der Waals surface area contributed by atoms with Gasteiger partial charge in [-0.2, -0.15) is 4.37 Å². The second-order valence-electron chi connectivity index (χ2n) is 3.68. The number of rotatable bonds is 8. The molecule has 6 heteroatoms. The number of aryl methyl sites for hydroxylation is 1. The van der Waals surface area contributed by atoms with Crippen molar-refractivity contribution in [2.75, 3.05) is 19.7 Å². The summed E-state index contributed by atoms with van der Waals surface area (Å²) in [6, 6.07) is 0. The average Bonchev–Trinajstić information content (AvgIpc) is 2.67. The van der Waals surface area contributed by atoms with Crippen LogP contribution in [0.15, 0.2) is 0 Å². The number of nitrogens with one attached hydrogen (secondary N) is 1. The van der Waals surface area contributed by atoms with Gasteiger partial charge in [-0.3, -0.25) is 0 Å². The van der Waals surface area contributed by atoms with Crippen LogP contribution >= 0.6 is 11.7 Å². The van der Waals surface area contributed by atoms with E-state index in [0.29, 0.717) is 12.4 Å². The van der Waals surface area contributed by atoms with E-state index in [9.17, 15) is 5.11 Å². The summed E-state index contributed by atoms with van der Waals surface area (Å²) in [5, 5.41) is 12.8. The van der Waals surface area contributed by atoms with E-state index >= 15 is 0 Å². The van der Waals surface area contributed by atoms with E-state index < -0.39 is 6.10 Å². The van der Waals surface area contributed by atoms with Gasteiger partial charge in [-0.15, -0.1) is 4.37 Å². The van der Waals surface area contributed by atoms with E-state index in [1.807, 2.05) is 6.92 Å². The Morgan fingerprint density at radius 1 is 1.50 bits per heavy atom. The Kier molecular flexibility index (Phi) is 6.29. The Balaban J connectivity index is 2.10. The van der Waals surface area contributed by atoms with Gasteiger partial charge in [-0.25, -0.2) is 0 Å². The van der Waals surface area contributed by atoms with Gasteiger partial charge in [0, 0.05) is 6.54 Å². The monoisotopic (exact) mass is 245 g/mol. The normalized spacial score (nSPS) is 12.7. The highest BCUT2D eigenvalue weighted by Gasteiger charge is 2.08. The molecule has 0 spiro atoms. The Morgan fingerprint density at radius 3 is 2.94 bits per heavy atom. The van der Waals surface area contributed by atoms with Gasteiger partial charge in [0.15, 0.2) is 0 Å². The van der Waals surface area contributed by atoms with Crippen LogP contribution in [0, 0.1) is 6.92 Å². The molecule has 0 aromatic carbocycles. The first-order chi connectivity index (χ1) is 7.74. The quantitative estimate of drug-likeness (QED) is 0.668. The first kappa shape index (κ1) is 13.3. The number of aliphatic hydroxyl groups excluding tert-OH is 1. The summed E-state index contributed by atoms with van der Waals surface area (Å²) in [5.41, 5.74) is 0.774. The van der Waals surface area contributed by atoms with Crippen LogP contribution in [0.5, 0.6) is 5.88 Å². The van der Waals surface area contributed by atoms with Crippen LogP contribution in [-0.2, 0) is 0 Å². The molecule has 1 unspecified atom stereocenters. The van der Waals surface area contributed by atoms with Gasteiger partial charge in [-0.1, -0.05) is 13.3 Å². The van der Waals surface area contributed by atoms with Crippen molar-refractivity contribution in [3.05, 3.63) is 5.69 Å². The Hall–Kier alpha value is -0.720. The van der Waals surface area contributed by atoms with Crippen molar-refractivity contribution in [2.24, 2.45) is 0 Å². The SMILES string of the molecule is CCCCNCC(O)COc1nsnc1C. The molecule has 0 fully saturated rings. The van der Waals surface area contributed by atoms with Gasteiger partial charge in [-0.05, 0) is 19.9 Å². The molecule has 0 aliphatic heterocycles.